The molecule has 1 amide bonds. The summed E-state index contributed by atoms with van der Waals surface area (Å²) in [6.07, 6.45) is 1.55. The van der Waals surface area contributed by atoms with Crippen LogP contribution < -0.4 is 5.32 Å². The van der Waals surface area contributed by atoms with Gasteiger partial charge in [-0.3, -0.25) is 9.69 Å². The maximum absolute atomic E-state index is 12.7. The summed E-state index contributed by atoms with van der Waals surface area (Å²) in [5.74, 6) is 0.532. The largest absolute Gasteiger partial charge is 0.360 e. The van der Waals surface area contributed by atoms with Crippen molar-refractivity contribution in [2.45, 2.75) is 38.8 Å². The van der Waals surface area contributed by atoms with Gasteiger partial charge in [-0.15, -0.1) is 0 Å². The Kier molecular flexibility index (Phi) is 4.92. The van der Waals surface area contributed by atoms with E-state index in [0.717, 1.165) is 18.5 Å². The Hall–Kier alpha value is -1.85. The Balaban J connectivity index is 1.81. The average Bonchev–Trinajstić information content (AvgIpc) is 3.11. The van der Waals surface area contributed by atoms with Gasteiger partial charge in [0.05, 0.1) is 17.8 Å². The fourth-order valence-electron chi connectivity index (χ4n) is 3.43. The fourth-order valence-corrected chi connectivity index (χ4v) is 3.56. The molecule has 1 aliphatic rings. The molecule has 0 radical (unpaired) electrons. The highest BCUT2D eigenvalue weighted by molar-refractivity contribution is 6.30. The number of aryl methyl sites for hydroxylation is 2. The third-order valence-electron chi connectivity index (χ3n) is 4.66. The molecule has 0 aliphatic carbocycles. The van der Waals surface area contributed by atoms with E-state index in [-0.39, 0.29) is 18.0 Å². The monoisotopic (exact) mass is 347 g/mol. The van der Waals surface area contributed by atoms with Crippen molar-refractivity contribution in [2.75, 3.05) is 13.6 Å². The Labute approximate surface area is 147 Å². The number of halogens is 1. The predicted molar refractivity (Wildman–Crippen MR) is 93.3 cm³/mol. The van der Waals surface area contributed by atoms with Crippen LogP contribution in [0.4, 0.5) is 0 Å². The first-order chi connectivity index (χ1) is 11.5. The smallest absolute Gasteiger partial charge is 0.257 e. The van der Waals surface area contributed by atoms with Crippen LogP contribution >= 0.6 is 11.6 Å². The molecule has 2 atom stereocenters. The SMILES string of the molecule is CCc1onc(C)c1C(=O)N[C@H]1CCN(C)[C@@H]1c1ccc(Cl)cc1. The molecule has 24 heavy (non-hydrogen) atoms. The van der Waals surface area contributed by atoms with Crippen molar-refractivity contribution in [3.05, 3.63) is 51.9 Å². The van der Waals surface area contributed by atoms with Gasteiger partial charge in [0, 0.05) is 18.0 Å². The normalized spacial score (nSPS) is 21.2. The lowest BCUT2D eigenvalue weighted by atomic mass is 9.99. The summed E-state index contributed by atoms with van der Waals surface area (Å²) in [6.45, 7) is 4.69. The number of amides is 1. The number of aromatic nitrogens is 1. The summed E-state index contributed by atoms with van der Waals surface area (Å²) in [6, 6.07) is 8.01. The van der Waals surface area contributed by atoms with E-state index in [0.29, 0.717) is 28.5 Å². The van der Waals surface area contributed by atoms with Crippen molar-refractivity contribution in [1.82, 2.24) is 15.4 Å². The molecule has 5 nitrogen and oxygen atoms in total. The second-order valence-electron chi connectivity index (χ2n) is 6.27. The Morgan fingerprint density at radius 2 is 2.12 bits per heavy atom. The van der Waals surface area contributed by atoms with Crippen LogP contribution in [0.1, 0.15) is 46.8 Å². The molecular formula is C18H22ClN3O2. The number of nitrogens with one attached hydrogen (secondary N) is 1. The van der Waals surface area contributed by atoms with Gasteiger partial charge in [0.1, 0.15) is 11.3 Å². The van der Waals surface area contributed by atoms with Gasteiger partial charge in [-0.2, -0.15) is 0 Å². The van der Waals surface area contributed by atoms with Crippen molar-refractivity contribution in [3.63, 3.8) is 0 Å². The molecule has 2 aromatic rings. The van der Waals surface area contributed by atoms with Gasteiger partial charge in [-0.25, -0.2) is 0 Å². The Morgan fingerprint density at radius 3 is 2.79 bits per heavy atom. The fraction of sp³-hybridized carbons (Fsp3) is 0.444. The number of likely N-dealkylation sites (N-methyl/N-ethyl adjacent to an activating group) is 1. The number of rotatable bonds is 4. The van der Waals surface area contributed by atoms with Crippen LogP contribution in [0.15, 0.2) is 28.8 Å². The second kappa shape index (κ2) is 6.95. The van der Waals surface area contributed by atoms with E-state index in [9.17, 15) is 4.79 Å². The molecule has 1 fully saturated rings. The summed E-state index contributed by atoms with van der Waals surface area (Å²) in [7, 11) is 2.08. The van der Waals surface area contributed by atoms with E-state index in [4.69, 9.17) is 16.1 Å². The second-order valence-corrected chi connectivity index (χ2v) is 6.70. The number of likely N-dealkylation sites (tertiary alicyclic amines) is 1. The highest BCUT2D eigenvalue weighted by atomic mass is 35.5. The highest BCUT2D eigenvalue weighted by Crippen LogP contribution is 2.32. The minimum atomic E-state index is -0.107. The third-order valence-corrected chi connectivity index (χ3v) is 4.91. The van der Waals surface area contributed by atoms with Gasteiger partial charge in [0.25, 0.3) is 5.91 Å². The zero-order valence-corrected chi connectivity index (χ0v) is 14.9. The topological polar surface area (TPSA) is 58.4 Å². The van der Waals surface area contributed by atoms with Gasteiger partial charge < -0.3 is 9.84 Å². The molecule has 0 unspecified atom stereocenters. The number of carbonyl (C=O) groups is 1. The summed E-state index contributed by atoms with van der Waals surface area (Å²) >= 11 is 5.99. The van der Waals surface area contributed by atoms with Crippen molar-refractivity contribution in [2.24, 2.45) is 0 Å². The first-order valence-electron chi connectivity index (χ1n) is 8.23. The Bertz CT molecular complexity index is 726. The Morgan fingerprint density at radius 1 is 1.42 bits per heavy atom. The minimum absolute atomic E-state index is 0.0441. The zero-order valence-electron chi connectivity index (χ0n) is 14.2. The van der Waals surface area contributed by atoms with Crippen LogP contribution in [0.5, 0.6) is 0 Å². The predicted octanol–water partition coefficient (Wildman–Crippen LogP) is 3.37. The van der Waals surface area contributed by atoms with Gasteiger partial charge in [-0.05, 0) is 38.1 Å². The minimum Gasteiger partial charge on any atom is -0.360 e. The van der Waals surface area contributed by atoms with Crippen molar-refractivity contribution >= 4 is 17.5 Å². The summed E-state index contributed by atoms with van der Waals surface area (Å²) in [5, 5.41) is 7.82. The first kappa shape index (κ1) is 17.0. The van der Waals surface area contributed by atoms with Crippen LogP contribution in [-0.4, -0.2) is 35.6 Å². The quantitative estimate of drug-likeness (QED) is 0.921. The molecule has 1 aromatic carbocycles. The van der Waals surface area contributed by atoms with E-state index < -0.39 is 0 Å². The molecule has 0 spiro atoms. The molecular weight excluding hydrogens is 326 g/mol. The third kappa shape index (κ3) is 3.19. The number of benzene rings is 1. The summed E-state index contributed by atoms with van der Waals surface area (Å²) in [4.78, 5) is 15.0. The van der Waals surface area contributed by atoms with E-state index in [1.165, 1.54) is 0 Å². The molecule has 1 N–H and O–H groups in total. The molecule has 1 aromatic heterocycles. The summed E-state index contributed by atoms with van der Waals surface area (Å²) in [5.41, 5.74) is 2.36. The molecule has 1 aliphatic heterocycles. The van der Waals surface area contributed by atoms with Crippen LogP contribution in [0, 0.1) is 6.92 Å². The van der Waals surface area contributed by atoms with E-state index >= 15 is 0 Å². The van der Waals surface area contributed by atoms with E-state index in [1.54, 1.807) is 6.92 Å². The van der Waals surface area contributed by atoms with Crippen molar-refractivity contribution in [3.8, 4) is 0 Å². The van der Waals surface area contributed by atoms with Crippen molar-refractivity contribution < 1.29 is 9.32 Å². The van der Waals surface area contributed by atoms with Crippen LogP contribution in [0.3, 0.4) is 0 Å². The molecule has 2 heterocycles. The lowest BCUT2D eigenvalue weighted by molar-refractivity contribution is 0.0925. The molecule has 3 rings (SSSR count). The maximum Gasteiger partial charge on any atom is 0.257 e. The van der Waals surface area contributed by atoms with E-state index in [1.807, 2.05) is 31.2 Å². The molecule has 0 saturated carbocycles. The lowest BCUT2D eigenvalue weighted by Gasteiger charge is -2.26. The average molecular weight is 348 g/mol. The summed E-state index contributed by atoms with van der Waals surface area (Å²) < 4.78 is 5.24. The number of carbonyl (C=O) groups excluding carboxylic acids is 1. The number of nitrogens with zero attached hydrogens (tertiary/aromatic N) is 2. The van der Waals surface area contributed by atoms with Crippen LogP contribution in [-0.2, 0) is 6.42 Å². The zero-order chi connectivity index (χ0) is 17.3. The lowest BCUT2D eigenvalue weighted by Crippen LogP contribution is -2.39. The maximum atomic E-state index is 12.7. The standard InChI is InChI=1S/C18H22ClN3O2/c1-4-15-16(11(2)21-24-15)18(23)20-14-9-10-22(3)17(14)12-5-7-13(19)8-6-12/h5-8,14,17H,4,9-10H2,1-3H3,(H,20,23)/t14-,17+/m0/s1. The van der Waals surface area contributed by atoms with Crippen LogP contribution in [0.25, 0.3) is 0 Å². The number of hydrogen-bond donors (Lipinski definition) is 1. The van der Waals surface area contributed by atoms with Gasteiger partial charge in [-0.1, -0.05) is 35.8 Å². The highest BCUT2D eigenvalue weighted by Gasteiger charge is 2.35. The van der Waals surface area contributed by atoms with Gasteiger partial charge >= 0.3 is 0 Å². The molecule has 6 heteroatoms. The van der Waals surface area contributed by atoms with E-state index in [2.05, 4.69) is 22.4 Å². The van der Waals surface area contributed by atoms with Gasteiger partial charge in [0.15, 0.2) is 0 Å². The van der Waals surface area contributed by atoms with Gasteiger partial charge in [0.2, 0.25) is 0 Å². The van der Waals surface area contributed by atoms with Crippen molar-refractivity contribution in [1.29, 1.82) is 0 Å². The van der Waals surface area contributed by atoms with Crippen LogP contribution in [0.2, 0.25) is 5.02 Å². The number of hydrogen-bond acceptors (Lipinski definition) is 4. The molecule has 128 valence electrons. The molecule has 1 saturated heterocycles. The first-order valence-corrected chi connectivity index (χ1v) is 8.60. The molecule has 0 bridgehead atoms.